The number of hydrogen-bond donors (Lipinski definition) is 2. The number of amides is 2. The first-order chi connectivity index (χ1) is 14.4. The number of aryl methyl sites for hydroxylation is 2. The highest BCUT2D eigenvalue weighted by Gasteiger charge is 2.12. The second-order valence-electron chi connectivity index (χ2n) is 6.36. The van der Waals surface area contributed by atoms with E-state index < -0.39 is 17.6 Å². The van der Waals surface area contributed by atoms with Gasteiger partial charge in [-0.05, 0) is 56.3 Å². The highest BCUT2D eigenvalue weighted by molar-refractivity contribution is 5.95. The maximum atomic E-state index is 12.8. The van der Waals surface area contributed by atoms with Crippen molar-refractivity contribution in [1.29, 1.82) is 0 Å². The van der Waals surface area contributed by atoms with Gasteiger partial charge in [-0.25, -0.2) is 4.39 Å². The Morgan fingerprint density at radius 1 is 1.03 bits per heavy atom. The number of ether oxygens (including phenoxy) is 2. The van der Waals surface area contributed by atoms with Gasteiger partial charge in [0, 0.05) is 5.56 Å². The monoisotopic (exact) mass is 413 g/mol. The lowest BCUT2D eigenvalue weighted by Crippen LogP contribution is -2.43. The van der Waals surface area contributed by atoms with Gasteiger partial charge in [0.1, 0.15) is 29.7 Å². The lowest BCUT2D eigenvalue weighted by Gasteiger charge is -2.10. The Bertz CT molecular complexity index is 1010. The quantitative estimate of drug-likeness (QED) is 0.578. The van der Waals surface area contributed by atoms with Gasteiger partial charge < -0.3 is 14.0 Å². The summed E-state index contributed by atoms with van der Waals surface area (Å²) in [4.78, 5) is 24.1. The fourth-order valence-electron chi connectivity index (χ4n) is 2.51. The van der Waals surface area contributed by atoms with Crippen molar-refractivity contribution in [3.05, 3.63) is 76.9 Å². The summed E-state index contributed by atoms with van der Waals surface area (Å²) >= 11 is 0. The lowest BCUT2D eigenvalue weighted by atomic mass is 10.2. The van der Waals surface area contributed by atoms with E-state index in [9.17, 15) is 14.0 Å². The van der Waals surface area contributed by atoms with Crippen LogP contribution in [-0.2, 0) is 11.4 Å². The third-order valence-corrected chi connectivity index (χ3v) is 4.16. The molecule has 8 nitrogen and oxygen atoms in total. The molecule has 1 aromatic heterocycles. The molecule has 0 aliphatic heterocycles. The van der Waals surface area contributed by atoms with Crippen molar-refractivity contribution >= 4 is 11.8 Å². The van der Waals surface area contributed by atoms with Gasteiger partial charge in [0.15, 0.2) is 6.61 Å². The molecule has 1 heterocycles. The van der Waals surface area contributed by atoms with Crippen molar-refractivity contribution in [3.63, 3.8) is 0 Å². The Balaban J connectivity index is 1.48. The van der Waals surface area contributed by atoms with Crippen LogP contribution >= 0.6 is 0 Å². The summed E-state index contributed by atoms with van der Waals surface area (Å²) in [5.41, 5.74) is 6.44. The minimum absolute atomic E-state index is 0.254. The van der Waals surface area contributed by atoms with E-state index >= 15 is 0 Å². The number of nitrogens with one attached hydrogen (secondary N) is 2. The van der Waals surface area contributed by atoms with Crippen LogP contribution in [0.15, 0.2) is 53.1 Å². The molecule has 2 N–H and O–H groups in total. The van der Waals surface area contributed by atoms with E-state index in [0.717, 1.165) is 11.3 Å². The van der Waals surface area contributed by atoms with Crippen LogP contribution in [0.25, 0.3) is 0 Å². The van der Waals surface area contributed by atoms with Crippen LogP contribution in [0.4, 0.5) is 4.39 Å². The zero-order chi connectivity index (χ0) is 21.5. The molecular weight excluding hydrogens is 393 g/mol. The zero-order valence-corrected chi connectivity index (χ0v) is 16.4. The molecule has 3 rings (SSSR count). The molecule has 0 atom stereocenters. The predicted octanol–water partition coefficient (Wildman–Crippen LogP) is 2.85. The number of halogens is 1. The van der Waals surface area contributed by atoms with Crippen LogP contribution in [0.2, 0.25) is 0 Å². The van der Waals surface area contributed by atoms with Crippen molar-refractivity contribution in [2.24, 2.45) is 0 Å². The van der Waals surface area contributed by atoms with E-state index in [2.05, 4.69) is 16.0 Å². The molecule has 9 heteroatoms. The average molecular weight is 413 g/mol. The first kappa shape index (κ1) is 20.8. The molecule has 0 saturated heterocycles. The molecule has 0 aliphatic rings. The molecule has 0 spiro atoms. The van der Waals surface area contributed by atoms with Crippen LogP contribution < -0.4 is 20.3 Å². The zero-order valence-electron chi connectivity index (χ0n) is 16.4. The molecule has 0 bridgehead atoms. The van der Waals surface area contributed by atoms with Gasteiger partial charge in [-0.2, -0.15) is 0 Å². The van der Waals surface area contributed by atoms with Crippen molar-refractivity contribution < 1.29 is 28.0 Å². The number of benzene rings is 2. The Labute approximate surface area is 171 Å². The average Bonchev–Trinajstić information content (AvgIpc) is 3.07. The van der Waals surface area contributed by atoms with Crippen molar-refractivity contribution in [2.75, 3.05) is 6.61 Å². The normalized spacial score (nSPS) is 10.4. The largest absolute Gasteiger partial charge is 0.489 e. The summed E-state index contributed by atoms with van der Waals surface area (Å²) < 4.78 is 28.8. The van der Waals surface area contributed by atoms with E-state index in [1.54, 1.807) is 31.2 Å². The topological polar surface area (TPSA) is 103 Å². The van der Waals surface area contributed by atoms with E-state index in [0.29, 0.717) is 22.8 Å². The number of hydrogen-bond acceptors (Lipinski definition) is 6. The molecule has 30 heavy (non-hydrogen) atoms. The lowest BCUT2D eigenvalue weighted by molar-refractivity contribution is -0.123. The minimum Gasteiger partial charge on any atom is -0.489 e. The summed E-state index contributed by atoms with van der Waals surface area (Å²) in [6.07, 6.45) is 0. The van der Waals surface area contributed by atoms with E-state index in [-0.39, 0.29) is 13.2 Å². The van der Waals surface area contributed by atoms with Gasteiger partial charge in [-0.15, -0.1) is 0 Å². The molecule has 0 radical (unpaired) electrons. The Morgan fingerprint density at radius 2 is 1.80 bits per heavy atom. The van der Waals surface area contributed by atoms with Crippen LogP contribution in [0, 0.1) is 19.7 Å². The van der Waals surface area contributed by atoms with Gasteiger partial charge in [0.25, 0.3) is 11.8 Å². The van der Waals surface area contributed by atoms with Gasteiger partial charge in [-0.1, -0.05) is 11.2 Å². The summed E-state index contributed by atoms with van der Waals surface area (Å²) in [5, 5.41) is 3.87. The highest BCUT2D eigenvalue weighted by atomic mass is 19.1. The van der Waals surface area contributed by atoms with E-state index in [1.807, 2.05) is 6.92 Å². The Kier molecular flexibility index (Phi) is 6.63. The number of carbonyl (C=O) groups excluding carboxylic acids is 2. The van der Waals surface area contributed by atoms with Gasteiger partial charge in [0.05, 0.1) is 11.3 Å². The van der Waals surface area contributed by atoms with Crippen LogP contribution in [0.3, 0.4) is 0 Å². The Hall–Kier alpha value is -3.88. The fourth-order valence-corrected chi connectivity index (χ4v) is 2.51. The molecule has 0 fully saturated rings. The molecule has 156 valence electrons. The second-order valence-corrected chi connectivity index (χ2v) is 6.36. The summed E-state index contributed by atoms with van der Waals surface area (Å²) in [5.74, 6) is -0.00927. The van der Waals surface area contributed by atoms with Crippen LogP contribution in [0.1, 0.15) is 27.4 Å². The Morgan fingerprint density at radius 3 is 2.50 bits per heavy atom. The third kappa shape index (κ3) is 5.57. The van der Waals surface area contributed by atoms with Gasteiger partial charge >= 0.3 is 0 Å². The molecular formula is C21H20FN3O5. The number of aromatic nitrogens is 1. The highest BCUT2D eigenvalue weighted by Crippen LogP contribution is 2.18. The van der Waals surface area contributed by atoms with Crippen molar-refractivity contribution in [3.8, 4) is 11.5 Å². The second kappa shape index (κ2) is 9.55. The first-order valence-corrected chi connectivity index (χ1v) is 9.04. The van der Waals surface area contributed by atoms with Crippen molar-refractivity contribution in [2.45, 2.75) is 20.5 Å². The fraction of sp³-hybridized carbons (Fsp3) is 0.190. The summed E-state index contributed by atoms with van der Waals surface area (Å²) in [6, 6.07) is 11.7. The van der Waals surface area contributed by atoms with Crippen molar-refractivity contribution in [1.82, 2.24) is 16.0 Å². The van der Waals surface area contributed by atoms with Gasteiger partial charge in [-0.3, -0.25) is 20.4 Å². The molecule has 3 aromatic rings. The number of rotatable bonds is 7. The van der Waals surface area contributed by atoms with E-state index in [4.69, 9.17) is 14.0 Å². The number of nitrogens with zero attached hydrogens (tertiary/aromatic N) is 1. The van der Waals surface area contributed by atoms with Gasteiger partial charge in [0.2, 0.25) is 0 Å². The van der Waals surface area contributed by atoms with Crippen LogP contribution in [0.5, 0.6) is 11.5 Å². The third-order valence-electron chi connectivity index (χ3n) is 4.16. The summed E-state index contributed by atoms with van der Waals surface area (Å²) in [6.45, 7) is 3.53. The smallest absolute Gasteiger partial charge is 0.276 e. The maximum absolute atomic E-state index is 12.8. The van der Waals surface area contributed by atoms with E-state index in [1.165, 1.54) is 24.3 Å². The number of carbonyl (C=O) groups is 2. The number of hydrazine groups is 1. The minimum atomic E-state index is -0.571. The standard InChI is InChI=1S/C21H20FN3O5/c1-13-19(14(2)30-25-13)11-28-18-5-3-4-15(10-18)21(27)24-23-20(26)12-29-17-8-6-16(22)7-9-17/h3-10H,11-12H2,1-2H3,(H,23,26)(H,24,27). The maximum Gasteiger partial charge on any atom is 0.276 e. The van der Waals surface area contributed by atoms with Crippen LogP contribution in [-0.4, -0.2) is 23.6 Å². The molecule has 0 aliphatic carbocycles. The summed E-state index contributed by atoms with van der Waals surface area (Å²) in [7, 11) is 0. The SMILES string of the molecule is Cc1noc(C)c1COc1cccc(C(=O)NNC(=O)COc2ccc(F)cc2)c1. The molecule has 0 saturated carbocycles. The first-order valence-electron chi connectivity index (χ1n) is 9.04. The molecule has 2 aromatic carbocycles. The molecule has 2 amide bonds. The predicted molar refractivity (Wildman–Crippen MR) is 104 cm³/mol. The molecule has 0 unspecified atom stereocenters.